The van der Waals surface area contributed by atoms with E-state index in [1.54, 1.807) is 6.07 Å². The van der Waals surface area contributed by atoms with Crippen molar-refractivity contribution in [2.75, 3.05) is 0 Å². The van der Waals surface area contributed by atoms with E-state index >= 15 is 0 Å². The molecule has 4 nitrogen and oxygen atoms in total. The van der Waals surface area contributed by atoms with E-state index in [4.69, 9.17) is 5.73 Å². The summed E-state index contributed by atoms with van der Waals surface area (Å²) in [5, 5.41) is 4.26. The van der Waals surface area contributed by atoms with Crippen molar-refractivity contribution in [3.63, 3.8) is 0 Å². The Balaban J connectivity index is 0.00000320. The third-order valence-corrected chi connectivity index (χ3v) is 8.25. The molecule has 0 aliphatic heterocycles. The van der Waals surface area contributed by atoms with Crippen LogP contribution >= 0.6 is 12.4 Å². The fourth-order valence-electron chi connectivity index (χ4n) is 6.22. The van der Waals surface area contributed by atoms with Crippen molar-refractivity contribution >= 4 is 29.2 Å². The lowest BCUT2D eigenvalue weighted by molar-refractivity contribution is -0.122. The van der Waals surface area contributed by atoms with Gasteiger partial charge in [-0.15, -0.1) is 12.4 Å². The number of carbonyl (C=O) groups excluding carboxylic acids is 1. The van der Waals surface area contributed by atoms with Gasteiger partial charge in [0.2, 0.25) is 5.91 Å². The smallest absolute Gasteiger partial charge is 0.221 e. The molecule has 1 amide bonds. The molecule has 2 saturated carbocycles. The predicted molar refractivity (Wildman–Crippen MR) is 147 cm³/mol. The first-order valence-electron chi connectivity index (χ1n) is 13.6. The van der Waals surface area contributed by atoms with E-state index in [2.05, 4.69) is 28.2 Å². The van der Waals surface area contributed by atoms with E-state index in [0.29, 0.717) is 11.5 Å². The highest BCUT2D eigenvalue weighted by atomic mass is 35.5. The largest absolute Gasteiger partial charge is 0.353 e. The van der Waals surface area contributed by atoms with E-state index in [0.717, 1.165) is 48.7 Å². The van der Waals surface area contributed by atoms with Crippen molar-refractivity contribution in [3.05, 3.63) is 71.4 Å². The SMILES string of the molecule is Cl.NC1CCC(NC(=O)CC(c2ccc(F)c(F)c2)c2cn(CC3CCCCC3)c3ccccc23)CC1. The molecule has 2 aliphatic rings. The number of rotatable bonds is 7. The molecule has 7 heteroatoms. The van der Waals surface area contributed by atoms with Crippen LogP contribution in [0.2, 0.25) is 0 Å². The standard InChI is InChI=1S/C30H37F2N3O.ClH/c31-27-15-10-21(16-28(27)32)25(17-30(36)34-23-13-11-22(33)12-14-23)26-19-35(18-20-6-2-1-3-7-20)29-9-5-4-8-24(26)29;/h4-5,8-10,15-16,19-20,22-23,25H,1-3,6-7,11-14,17-18,33H2,(H,34,36);1H. The minimum absolute atomic E-state index is 0. The van der Waals surface area contributed by atoms with Gasteiger partial charge in [0.25, 0.3) is 0 Å². The molecule has 0 saturated heterocycles. The Kier molecular flexibility index (Phi) is 9.25. The third kappa shape index (κ3) is 6.53. The minimum Gasteiger partial charge on any atom is -0.353 e. The molecule has 1 atom stereocenters. The molecule has 3 N–H and O–H groups in total. The second kappa shape index (κ2) is 12.4. The maximum Gasteiger partial charge on any atom is 0.221 e. The molecular weight excluding hydrogens is 492 g/mol. The molecule has 37 heavy (non-hydrogen) atoms. The molecule has 1 unspecified atom stereocenters. The lowest BCUT2D eigenvalue weighted by atomic mass is 9.87. The number of para-hydroxylation sites is 1. The number of hydrogen-bond donors (Lipinski definition) is 2. The van der Waals surface area contributed by atoms with Crippen LogP contribution in [-0.4, -0.2) is 22.6 Å². The van der Waals surface area contributed by atoms with E-state index < -0.39 is 11.6 Å². The zero-order valence-corrected chi connectivity index (χ0v) is 22.1. The van der Waals surface area contributed by atoms with Crippen molar-refractivity contribution in [2.45, 2.75) is 88.8 Å². The van der Waals surface area contributed by atoms with E-state index in [9.17, 15) is 13.6 Å². The molecule has 2 aromatic carbocycles. The predicted octanol–water partition coefficient (Wildman–Crippen LogP) is 6.83. The minimum atomic E-state index is -0.884. The zero-order valence-electron chi connectivity index (χ0n) is 21.3. The van der Waals surface area contributed by atoms with E-state index in [1.807, 2.05) is 12.1 Å². The summed E-state index contributed by atoms with van der Waals surface area (Å²) in [6, 6.07) is 12.6. The fraction of sp³-hybridized carbons (Fsp3) is 0.500. The molecule has 0 radical (unpaired) electrons. The van der Waals surface area contributed by atoms with Gasteiger partial charge in [-0.05, 0) is 73.8 Å². The molecule has 2 aliphatic carbocycles. The van der Waals surface area contributed by atoms with Crippen LogP contribution in [0.5, 0.6) is 0 Å². The molecule has 0 spiro atoms. The number of benzene rings is 2. The van der Waals surface area contributed by atoms with Gasteiger partial charge in [0, 0.05) is 48.1 Å². The Labute approximate surface area is 224 Å². The van der Waals surface area contributed by atoms with E-state index in [-0.39, 0.29) is 42.7 Å². The van der Waals surface area contributed by atoms with Gasteiger partial charge >= 0.3 is 0 Å². The molecule has 1 aromatic heterocycles. The maximum absolute atomic E-state index is 14.3. The highest BCUT2D eigenvalue weighted by Gasteiger charge is 2.27. The number of halogens is 3. The van der Waals surface area contributed by atoms with Crippen molar-refractivity contribution < 1.29 is 13.6 Å². The van der Waals surface area contributed by atoms with E-state index in [1.165, 1.54) is 44.2 Å². The Bertz CT molecular complexity index is 1200. The van der Waals surface area contributed by atoms with Gasteiger partial charge < -0.3 is 15.6 Å². The number of carbonyl (C=O) groups is 1. The zero-order chi connectivity index (χ0) is 25.1. The van der Waals surface area contributed by atoms with Crippen LogP contribution in [0.1, 0.15) is 81.3 Å². The molecule has 2 fully saturated rings. The summed E-state index contributed by atoms with van der Waals surface area (Å²) >= 11 is 0. The number of nitrogens with two attached hydrogens (primary N) is 1. The molecule has 5 rings (SSSR count). The summed E-state index contributed by atoms with van der Waals surface area (Å²) in [6.45, 7) is 0.944. The summed E-state index contributed by atoms with van der Waals surface area (Å²) in [7, 11) is 0. The molecule has 0 bridgehead atoms. The lowest BCUT2D eigenvalue weighted by Crippen LogP contribution is -2.40. The highest BCUT2D eigenvalue weighted by Crippen LogP contribution is 2.37. The van der Waals surface area contributed by atoms with Gasteiger partial charge in [0.1, 0.15) is 0 Å². The lowest BCUT2D eigenvalue weighted by Gasteiger charge is -2.27. The first-order chi connectivity index (χ1) is 17.5. The van der Waals surface area contributed by atoms with Crippen molar-refractivity contribution in [3.8, 4) is 0 Å². The van der Waals surface area contributed by atoms with Crippen molar-refractivity contribution in [1.29, 1.82) is 0 Å². The number of hydrogen-bond acceptors (Lipinski definition) is 2. The number of fused-ring (bicyclic) bond motifs is 1. The topological polar surface area (TPSA) is 60.0 Å². The Morgan fingerprint density at radius 2 is 1.70 bits per heavy atom. The first-order valence-corrected chi connectivity index (χ1v) is 13.6. The van der Waals surface area contributed by atoms with Gasteiger partial charge in [-0.25, -0.2) is 8.78 Å². The van der Waals surface area contributed by atoms with Crippen LogP contribution < -0.4 is 11.1 Å². The molecule has 1 heterocycles. The average molecular weight is 530 g/mol. The van der Waals surface area contributed by atoms with Gasteiger partial charge in [0.05, 0.1) is 0 Å². The van der Waals surface area contributed by atoms with Crippen LogP contribution in [-0.2, 0) is 11.3 Å². The summed E-state index contributed by atoms with van der Waals surface area (Å²) < 4.78 is 30.5. The van der Waals surface area contributed by atoms with Crippen LogP contribution in [0.3, 0.4) is 0 Å². The highest BCUT2D eigenvalue weighted by molar-refractivity contribution is 5.87. The molecule has 3 aromatic rings. The van der Waals surface area contributed by atoms with Crippen LogP contribution in [0.4, 0.5) is 8.78 Å². The summed E-state index contributed by atoms with van der Waals surface area (Å²) in [6.07, 6.45) is 12.3. The van der Waals surface area contributed by atoms with Gasteiger partial charge in [-0.1, -0.05) is 43.5 Å². The number of nitrogens with one attached hydrogen (secondary N) is 1. The second-order valence-corrected chi connectivity index (χ2v) is 10.9. The maximum atomic E-state index is 14.3. The molecule has 200 valence electrons. The van der Waals surface area contributed by atoms with Crippen molar-refractivity contribution in [2.24, 2.45) is 11.7 Å². The number of amides is 1. The summed E-state index contributed by atoms with van der Waals surface area (Å²) in [5.74, 6) is -1.55. The number of aromatic nitrogens is 1. The van der Waals surface area contributed by atoms with Crippen LogP contribution in [0.15, 0.2) is 48.7 Å². The van der Waals surface area contributed by atoms with Crippen LogP contribution in [0.25, 0.3) is 10.9 Å². The third-order valence-electron chi connectivity index (χ3n) is 8.25. The molecular formula is C30H38ClF2N3O. The normalized spacial score (nSPS) is 21.4. The second-order valence-electron chi connectivity index (χ2n) is 10.9. The monoisotopic (exact) mass is 529 g/mol. The average Bonchev–Trinajstić information content (AvgIpc) is 3.24. The van der Waals surface area contributed by atoms with Crippen molar-refractivity contribution in [1.82, 2.24) is 9.88 Å². The summed E-state index contributed by atoms with van der Waals surface area (Å²) in [4.78, 5) is 13.2. The number of nitrogens with zero attached hydrogens (tertiary/aromatic N) is 1. The van der Waals surface area contributed by atoms with Crippen LogP contribution in [0, 0.1) is 17.6 Å². The summed E-state index contributed by atoms with van der Waals surface area (Å²) in [5.41, 5.74) is 8.77. The Morgan fingerprint density at radius 3 is 2.43 bits per heavy atom. The van der Waals surface area contributed by atoms with Gasteiger partial charge in [0.15, 0.2) is 11.6 Å². The Morgan fingerprint density at radius 1 is 0.973 bits per heavy atom. The first kappa shape index (κ1) is 27.6. The Hall–Kier alpha value is -2.44. The quantitative estimate of drug-likeness (QED) is 0.352. The van der Waals surface area contributed by atoms with Gasteiger partial charge in [-0.2, -0.15) is 0 Å². The fourth-order valence-corrected chi connectivity index (χ4v) is 6.22. The van der Waals surface area contributed by atoms with Gasteiger partial charge in [-0.3, -0.25) is 4.79 Å².